The van der Waals surface area contributed by atoms with Crippen LogP contribution >= 0.6 is 0 Å². The van der Waals surface area contributed by atoms with Crippen LogP contribution in [0.25, 0.3) is 0 Å². The highest BCUT2D eigenvalue weighted by Gasteiger charge is 2.20. The van der Waals surface area contributed by atoms with Gasteiger partial charge in [-0.05, 0) is 57.2 Å². The first kappa shape index (κ1) is 12.9. The number of hydrogen-bond acceptors (Lipinski definition) is 2. The number of amides is 1. The molecule has 1 aromatic rings. The van der Waals surface area contributed by atoms with Gasteiger partial charge in [0.1, 0.15) is 5.60 Å². The third-order valence-electron chi connectivity index (χ3n) is 3.11. The summed E-state index contributed by atoms with van der Waals surface area (Å²) in [7, 11) is 0. The quantitative estimate of drug-likeness (QED) is 0.846. The Balaban J connectivity index is 1.98. The fourth-order valence-electron chi connectivity index (χ4n) is 2.03. The molecule has 98 valence electrons. The van der Waals surface area contributed by atoms with Gasteiger partial charge in [0.2, 0.25) is 0 Å². The lowest BCUT2D eigenvalue weighted by atomic mass is 9.80. The molecule has 0 bridgehead atoms. The predicted molar refractivity (Wildman–Crippen MR) is 72.9 cm³/mol. The Kier molecular flexibility index (Phi) is 3.60. The van der Waals surface area contributed by atoms with E-state index in [4.69, 9.17) is 4.74 Å². The van der Waals surface area contributed by atoms with Crippen molar-refractivity contribution in [3.8, 4) is 0 Å². The van der Waals surface area contributed by atoms with Gasteiger partial charge in [0, 0.05) is 5.69 Å². The normalized spacial score (nSPS) is 15.9. The minimum Gasteiger partial charge on any atom is -0.444 e. The molecule has 1 fully saturated rings. The molecule has 1 aliphatic rings. The Morgan fingerprint density at radius 3 is 2.61 bits per heavy atom. The zero-order valence-corrected chi connectivity index (χ0v) is 11.3. The number of carbonyl (C=O) groups excluding carboxylic acids is 1. The van der Waals surface area contributed by atoms with E-state index in [2.05, 4.69) is 11.4 Å². The molecule has 0 heterocycles. The summed E-state index contributed by atoms with van der Waals surface area (Å²) < 4.78 is 5.23. The predicted octanol–water partition coefficient (Wildman–Crippen LogP) is 4.30. The number of rotatable bonds is 2. The van der Waals surface area contributed by atoms with Crippen LogP contribution in [0.5, 0.6) is 0 Å². The van der Waals surface area contributed by atoms with Crippen molar-refractivity contribution in [3.63, 3.8) is 0 Å². The van der Waals surface area contributed by atoms with E-state index < -0.39 is 11.7 Å². The monoisotopic (exact) mass is 247 g/mol. The Morgan fingerprint density at radius 1 is 1.33 bits per heavy atom. The van der Waals surface area contributed by atoms with Gasteiger partial charge in [-0.25, -0.2) is 4.79 Å². The lowest BCUT2D eigenvalue weighted by Gasteiger charge is -2.26. The number of carbonyl (C=O) groups is 1. The maximum absolute atomic E-state index is 11.7. The zero-order valence-electron chi connectivity index (χ0n) is 11.3. The topological polar surface area (TPSA) is 38.3 Å². The Bertz CT molecular complexity index is 430. The lowest BCUT2D eigenvalue weighted by Crippen LogP contribution is -2.27. The highest BCUT2D eigenvalue weighted by atomic mass is 16.6. The summed E-state index contributed by atoms with van der Waals surface area (Å²) in [5.74, 6) is 0.672. The molecule has 1 amide bonds. The second-order valence-electron chi connectivity index (χ2n) is 5.88. The van der Waals surface area contributed by atoms with Crippen molar-refractivity contribution in [2.45, 2.75) is 51.6 Å². The Hall–Kier alpha value is -1.51. The molecule has 1 N–H and O–H groups in total. The molecule has 1 saturated carbocycles. The van der Waals surface area contributed by atoms with Crippen molar-refractivity contribution in [1.82, 2.24) is 0 Å². The summed E-state index contributed by atoms with van der Waals surface area (Å²) in [5.41, 5.74) is 1.67. The van der Waals surface area contributed by atoms with Crippen LogP contribution in [-0.4, -0.2) is 11.7 Å². The van der Waals surface area contributed by atoms with Crippen molar-refractivity contribution in [2.24, 2.45) is 0 Å². The van der Waals surface area contributed by atoms with E-state index >= 15 is 0 Å². The summed E-state index contributed by atoms with van der Waals surface area (Å²) >= 11 is 0. The maximum atomic E-state index is 11.7. The minimum absolute atomic E-state index is 0.395. The Morgan fingerprint density at radius 2 is 2.06 bits per heavy atom. The van der Waals surface area contributed by atoms with E-state index in [1.165, 1.54) is 24.8 Å². The molecule has 2 rings (SSSR count). The number of hydrogen-bond donors (Lipinski definition) is 1. The Labute approximate surface area is 109 Å². The summed E-state index contributed by atoms with van der Waals surface area (Å²) in [5, 5.41) is 2.78. The van der Waals surface area contributed by atoms with Gasteiger partial charge < -0.3 is 4.74 Å². The van der Waals surface area contributed by atoms with Crippen LogP contribution < -0.4 is 5.32 Å². The van der Waals surface area contributed by atoms with Crippen LogP contribution in [0.15, 0.2) is 24.3 Å². The van der Waals surface area contributed by atoms with Gasteiger partial charge in [-0.3, -0.25) is 5.32 Å². The van der Waals surface area contributed by atoms with Crippen molar-refractivity contribution in [3.05, 3.63) is 29.8 Å². The molecule has 1 aliphatic carbocycles. The molecule has 0 atom stereocenters. The first-order valence-corrected chi connectivity index (χ1v) is 6.54. The van der Waals surface area contributed by atoms with Crippen LogP contribution in [0.1, 0.15) is 51.5 Å². The molecular weight excluding hydrogens is 226 g/mol. The van der Waals surface area contributed by atoms with Gasteiger partial charge >= 0.3 is 6.09 Å². The summed E-state index contributed by atoms with van der Waals surface area (Å²) in [6.45, 7) is 5.58. The summed E-state index contributed by atoms with van der Waals surface area (Å²) in [6.07, 6.45) is 3.44. The van der Waals surface area contributed by atoms with Crippen LogP contribution in [0.4, 0.5) is 10.5 Å². The van der Waals surface area contributed by atoms with Gasteiger partial charge in [0.25, 0.3) is 0 Å². The van der Waals surface area contributed by atoms with Crippen LogP contribution in [0.3, 0.4) is 0 Å². The fraction of sp³-hybridized carbons (Fsp3) is 0.533. The lowest BCUT2D eigenvalue weighted by molar-refractivity contribution is 0.0636. The second-order valence-corrected chi connectivity index (χ2v) is 5.88. The summed E-state index contributed by atoms with van der Waals surface area (Å²) in [6, 6.07) is 8.06. The molecule has 0 radical (unpaired) electrons. The van der Waals surface area contributed by atoms with E-state index in [1.54, 1.807) is 0 Å². The van der Waals surface area contributed by atoms with E-state index in [9.17, 15) is 4.79 Å². The van der Waals surface area contributed by atoms with E-state index in [1.807, 2.05) is 39.0 Å². The number of nitrogens with one attached hydrogen (secondary N) is 1. The van der Waals surface area contributed by atoms with Gasteiger partial charge in [0.05, 0.1) is 0 Å². The fourth-order valence-corrected chi connectivity index (χ4v) is 2.03. The van der Waals surface area contributed by atoms with Crippen molar-refractivity contribution >= 4 is 11.8 Å². The average molecular weight is 247 g/mol. The largest absolute Gasteiger partial charge is 0.444 e. The highest BCUT2D eigenvalue weighted by Crippen LogP contribution is 2.37. The third kappa shape index (κ3) is 3.49. The van der Waals surface area contributed by atoms with Crippen LogP contribution in [-0.2, 0) is 4.74 Å². The van der Waals surface area contributed by atoms with Gasteiger partial charge in [0.15, 0.2) is 0 Å². The molecule has 0 spiro atoms. The van der Waals surface area contributed by atoms with Gasteiger partial charge in [-0.2, -0.15) is 0 Å². The molecule has 0 aromatic heterocycles. The molecule has 0 unspecified atom stereocenters. The number of benzene rings is 1. The van der Waals surface area contributed by atoms with Crippen LogP contribution in [0, 0.1) is 0 Å². The second kappa shape index (κ2) is 5.01. The maximum Gasteiger partial charge on any atom is 0.412 e. The first-order chi connectivity index (χ1) is 8.44. The molecule has 1 aromatic carbocycles. The van der Waals surface area contributed by atoms with Crippen molar-refractivity contribution in [1.29, 1.82) is 0 Å². The number of ether oxygens (including phenoxy) is 1. The smallest absolute Gasteiger partial charge is 0.412 e. The van der Waals surface area contributed by atoms with Crippen molar-refractivity contribution in [2.75, 3.05) is 5.32 Å². The molecule has 3 nitrogen and oxygen atoms in total. The average Bonchev–Trinajstić information content (AvgIpc) is 2.11. The minimum atomic E-state index is -0.463. The van der Waals surface area contributed by atoms with E-state index in [0.29, 0.717) is 5.92 Å². The summed E-state index contributed by atoms with van der Waals surface area (Å²) in [4.78, 5) is 11.7. The molecule has 18 heavy (non-hydrogen) atoms. The molecular formula is C15H21NO2. The highest BCUT2D eigenvalue weighted by molar-refractivity contribution is 5.84. The first-order valence-electron chi connectivity index (χ1n) is 6.54. The van der Waals surface area contributed by atoms with E-state index in [0.717, 1.165) is 5.69 Å². The molecule has 0 saturated heterocycles. The number of anilines is 1. The molecule has 3 heteroatoms. The van der Waals surface area contributed by atoms with E-state index in [-0.39, 0.29) is 0 Å². The van der Waals surface area contributed by atoms with Gasteiger partial charge in [-0.15, -0.1) is 0 Å². The third-order valence-corrected chi connectivity index (χ3v) is 3.11. The standard InChI is InChI=1S/C15H21NO2/c1-15(2,3)18-14(17)16-13-9-5-8-12(10-13)11-6-4-7-11/h5,8-11H,4,6-7H2,1-3H3,(H,16,17). The van der Waals surface area contributed by atoms with Crippen LogP contribution in [0.2, 0.25) is 0 Å². The van der Waals surface area contributed by atoms with Gasteiger partial charge in [-0.1, -0.05) is 18.6 Å². The zero-order chi connectivity index (χ0) is 13.2. The molecule has 0 aliphatic heterocycles. The van der Waals surface area contributed by atoms with Crippen molar-refractivity contribution < 1.29 is 9.53 Å². The SMILES string of the molecule is CC(C)(C)OC(=O)Nc1cccc(C2CCC2)c1.